The van der Waals surface area contributed by atoms with Gasteiger partial charge in [-0.3, -0.25) is 4.99 Å². The van der Waals surface area contributed by atoms with Crippen molar-refractivity contribution < 1.29 is 9.47 Å². The van der Waals surface area contributed by atoms with Crippen molar-refractivity contribution in [3.63, 3.8) is 0 Å². The van der Waals surface area contributed by atoms with E-state index in [2.05, 4.69) is 65.0 Å². The smallest absolute Gasteiger partial charge is 0.191 e. The van der Waals surface area contributed by atoms with Crippen LogP contribution in [-0.4, -0.2) is 39.4 Å². The first-order chi connectivity index (χ1) is 15.2. The maximum absolute atomic E-state index is 6.18. The van der Waals surface area contributed by atoms with Crippen LogP contribution < -0.4 is 15.4 Å². The molecular formula is C26H33N3O2. The van der Waals surface area contributed by atoms with Gasteiger partial charge in [0.15, 0.2) is 5.96 Å². The summed E-state index contributed by atoms with van der Waals surface area (Å²) in [6.07, 6.45) is 2.32. The number of fused-ring (bicyclic) bond motifs is 3. The Morgan fingerprint density at radius 3 is 2.94 bits per heavy atom. The fraction of sp³-hybridized carbons (Fsp3) is 0.500. The third kappa shape index (κ3) is 4.42. The van der Waals surface area contributed by atoms with Crippen LogP contribution in [0, 0.1) is 24.7 Å². The van der Waals surface area contributed by atoms with E-state index in [4.69, 9.17) is 9.47 Å². The van der Waals surface area contributed by atoms with Crippen LogP contribution in [0.3, 0.4) is 0 Å². The summed E-state index contributed by atoms with van der Waals surface area (Å²) in [6.45, 7) is 6.15. The van der Waals surface area contributed by atoms with Gasteiger partial charge in [0, 0.05) is 38.2 Å². The van der Waals surface area contributed by atoms with E-state index in [1.165, 1.54) is 12.0 Å². The lowest BCUT2D eigenvalue weighted by Gasteiger charge is -2.17. The molecule has 0 spiro atoms. The third-order valence-corrected chi connectivity index (χ3v) is 7.10. The van der Waals surface area contributed by atoms with Gasteiger partial charge in [-0.05, 0) is 60.3 Å². The fourth-order valence-electron chi connectivity index (χ4n) is 5.24. The van der Waals surface area contributed by atoms with Crippen molar-refractivity contribution in [2.24, 2.45) is 22.7 Å². The van der Waals surface area contributed by atoms with Crippen LogP contribution in [0.1, 0.15) is 34.6 Å². The molecule has 164 valence electrons. The Labute approximate surface area is 185 Å². The molecule has 3 aliphatic rings. The first kappa shape index (κ1) is 20.4. The predicted octanol–water partition coefficient (Wildman–Crippen LogP) is 3.66. The molecule has 0 amide bonds. The van der Waals surface area contributed by atoms with Crippen LogP contribution >= 0.6 is 0 Å². The van der Waals surface area contributed by atoms with Crippen LogP contribution in [0.15, 0.2) is 47.5 Å². The normalized spacial score (nSPS) is 26.3. The average molecular weight is 420 g/mol. The van der Waals surface area contributed by atoms with Gasteiger partial charge in [0.2, 0.25) is 0 Å². The second kappa shape index (κ2) is 8.91. The Balaban J connectivity index is 1.13. The zero-order chi connectivity index (χ0) is 21.2. The number of guanidine groups is 1. The minimum absolute atomic E-state index is 0.499. The molecule has 0 bridgehead atoms. The molecule has 1 saturated carbocycles. The largest absolute Gasteiger partial charge is 0.493 e. The van der Waals surface area contributed by atoms with Gasteiger partial charge in [-0.2, -0.15) is 0 Å². The number of ether oxygens (including phenoxy) is 2. The van der Waals surface area contributed by atoms with Crippen molar-refractivity contribution >= 4 is 5.96 Å². The zero-order valence-electron chi connectivity index (χ0n) is 18.6. The molecule has 1 saturated heterocycles. The molecule has 4 atom stereocenters. The molecule has 2 N–H and O–H groups in total. The van der Waals surface area contributed by atoms with Crippen molar-refractivity contribution in [1.29, 1.82) is 0 Å². The maximum atomic E-state index is 6.18. The lowest BCUT2D eigenvalue weighted by Crippen LogP contribution is -2.38. The topological polar surface area (TPSA) is 54.9 Å². The van der Waals surface area contributed by atoms with E-state index in [9.17, 15) is 0 Å². The van der Waals surface area contributed by atoms with Gasteiger partial charge in [0.25, 0.3) is 0 Å². The van der Waals surface area contributed by atoms with Crippen LogP contribution in [-0.2, 0) is 17.7 Å². The van der Waals surface area contributed by atoms with Crippen LogP contribution in [0.2, 0.25) is 0 Å². The maximum Gasteiger partial charge on any atom is 0.191 e. The number of nitrogens with zero attached hydrogens (tertiary/aromatic N) is 1. The van der Waals surface area contributed by atoms with Gasteiger partial charge in [-0.15, -0.1) is 0 Å². The Morgan fingerprint density at radius 2 is 2.10 bits per heavy atom. The highest BCUT2D eigenvalue weighted by molar-refractivity contribution is 5.79. The van der Waals surface area contributed by atoms with E-state index >= 15 is 0 Å². The summed E-state index contributed by atoms with van der Waals surface area (Å²) in [5.41, 5.74) is 5.48. The standard InChI is InChI=1S/C26H33N3O2/c1-17-7-8-20(24(11-17)31-16-18-9-10-30-15-18)13-28-26(27-2)29-14-23-22-12-19-5-3-4-6-21(19)25(22)23/h3-8,11,18,22-23,25H,9-10,12-16H2,1-2H3,(H2,27,28,29). The van der Waals surface area contributed by atoms with Gasteiger partial charge in [0.05, 0.1) is 13.2 Å². The lowest BCUT2D eigenvalue weighted by atomic mass is 10.0. The Hall–Kier alpha value is -2.53. The van der Waals surface area contributed by atoms with Crippen LogP contribution in [0.5, 0.6) is 5.75 Å². The summed E-state index contributed by atoms with van der Waals surface area (Å²) >= 11 is 0. The molecule has 2 fully saturated rings. The van der Waals surface area contributed by atoms with E-state index in [0.29, 0.717) is 12.5 Å². The monoisotopic (exact) mass is 419 g/mol. The minimum Gasteiger partial charge on any atom is -0.493 e. The molecule has 31 heavy (non-hydrogen) atoms. The Bertz CT molecular complexity index is 951. The van der Waals surface area contributed by atoms with Crippen molar-refractivity contribution in [1.82, 2.24) is 10.6 Å². The van der Waals surface area contributed by atoms with E-state index < -0.39 is 0 Å². The first-order valence-corrected chi connectivity index (χ1v) is 11.6. The highest BCUT2D eigenvalue weighted by Gasteiger charge is 2.54. The van der Waals surface area contributed by atoms with Gasteiger partial charge in [-0.1, -0.05) is 36.4 Å². The fourth-order valence-corrected chi connectivity index (χ4v) is 5.24. The molecule has 2 aromatic rings. The number of nitrogens with one attached hydrogen (secondary N) is 2. The van der Waals surface area contributed by atoms with Crippen LogP contribution in [0.4, 0.5) is 0 Å². The van der Waals surface area contributed by atoms with Crippen molar-refractivity contribution in [2.45, 2.75) is 32.2 Å². The number of hydrogen-bond acceptors (Lipinski definition) is 3. The Kier molecular flexibility index (Phi) is 5.86. The van der Waals surface area contributed by atoms with Crippen molar-refractivity contribution in [2.75, 3.05) is 33.4 Å². The molecule has 2 aromatic carbocycles. The average Bonchev–Trinajstić information content (AvgIpc) is 3.12. The second-order valence-electron chi connectivity index (χ2n) is 9.21. The van der Waals surface area contributed by atoms with Gasteiger partial charge in [0.1, 0.15) is 5.75 Å². The second-order valence-corrected chi connectivity index (χ2v) is 9.21. The highest BCUT2D eigenvalue weighted by atomic mass is 16.5. The molecule has 0 radical (unpaired) electrons. The van der Waals surface area contributed by atoms with E-state index in [-0.39, 0.29) is 0 Å². The van der Waals surface area contributed by atoms with E-state index in [1.807, 2.05) is 7.05 Å². The summed E-state index contributed by atoms with van der Waals surface area (Å²) in [4.78, 5) is 4.43. The van der Waals surface area contributed by atoms with E-state index in [0.717, 1.165) is 67.8 Å². The molecule has 5 nitrogen and oxygen atoms in total. The number of aryl methyl sites for hydroxylation is 1. The predicted molar refractivity (Wildman–Crippen MR) is 124 cm³/mol. The number of benzene rings is 2. The number of rotatable bonds is 7. The van der Waals surface area contributed by atoms with Crippen molar-refractivity contribution in [3.8, 4) is 5.75 Å². The molecule has 5 heteroatoms. The quantitative estimate of drug-likeness (QED) is 0.531. The molecule has 1 heterocycles. The summed E-state index contributed by atoms with van der Waals surface area (Å²) < 4.78 is 11.7. The molecule has 2 aliphatic carbocycles. The third-order valence-electron chi connectivity index (χ3n) is 7.10. The zero-order valence-corrected chi connectivity index (χ0v) is 18.6. The molecule has 0 aromatic heterocycles. The molecule has 5 rings (SSSR count). The number of aliphatic imine (C=N–C) groups is 1. The lowest BCUT2D eigenvalue weighted by molar-refractivity contribution is 0.166. The van der Waals surface area contributed by atoms with Crippen LogP contribution in [0.25, 0.3) is 0 Å². The first-order valence-electron chi connectivity index (χ1n) is 11.6. The summed E-state index contributed by atoms with van der Waals surface area (Å²) in [5.74, 6) is 4.58. The highest BCUT2D eigenvalue weighted by Crippen LogP contribution is 2.60. The van der Waals surface area contributed by atoms with Crippen molar-refractivity contribution in [3.05, 3.63) is 64.7 Å². The van der Waals surface area contributed by atoms with E-state index in [1.54, 1.807) is 11.1 Å². The number of hydrogen-bond donors (Lipinski definition) is 2. The summed E-state index contributed by atoms with van der Waals surface area (Å²) in [5, 5.41) is 7.03. The van der Waals surface area contributed by atoms with Gasteiger partial charge in [-0.25, -0.2) is 0 Å². The summed E-state index contributed by atoms with van der Waals surface area (Å²) in [6, 6.07) is 15.3. The SMILES string of the molecule is CN=C(NCc1ccc(C)cc1OCC1CCOC1)NCC1C2Cc3ccccc3C12. The molecule has 1 aliphatic heterocycles. The molecule has 4 unspecified atom stereocenters. The van der Waals surface area contributed by atoms with Gasteiger partial charge >= 0.3 is 0 Å². The molecular weight excluding hydrogens is 386 g/mol. The minimum atomic E-state index is 0.499. The Morgan fingerprint density at radius 1 is 1.19 bits per heavy atom. The van der Waals surface area contributed by atoms with Gasteiger partial charge < -0.3 is 20.1 Å². The summed E-state index contributed by atoms with van der Waals surface area (Å²) in [7, 11) is 1.84.